The van der Waals surface area contributed by atoms with Crippen molar-refractivity contribution >= 4 is 35.1 Å². The highest BCUT2D eigenvalue weighted by molar-refractivity contribution is 6.34. The lowest BCUT2D eigenvalue weighted by Crippen LogP contribution is -2.65. The van der Waals surface area contributed by atoms with Gasteiger partial charge < -0.3 is 10.2 Å². The number of nitrogens with one attached hydrogen (secondary N) is 2. The smallest absolute Gasteiger partial charge is 0.256 e. The molecular formula is C13H15ClN4O3. The van der Waals surface area contributed by atoms with E-state index in [9.17, 15) is 14.4 Å². The van der Waals surface area contributed by atoms with E-state index < -0.39 is 23.3 Å². The van der Waals surface area contributed by atoms with Crippen LogP contribution in [0, 0.1) is 0 Å². The number of carbonyl (C=O) groups is 3. The summed E-state index contributed by atoms with van der Waals surface area (Å²) >= 11 is 6.01. The van der Waals surface area contributed by atoms with Crippen molar-refractivity contribution in [3.05, 3.63) is 22.8 Å². The molecule has 0 atom stereocenters. The maximum Gasteiger partial charge on any atom is 0.256 e. The second-order valence-corrected chi connectivity index (χ2v) is 5.53. The summed E-state index contributed by atoms with van der Waals surface area (Å²) in [6.45, 7) is 2.94. The Kier molecular flexibility index (Phi) is 3.87. The zero-order chi connectivity index (χ0) is 15.8. The molecule has 0 saturated carbocycles. The van der Waals surface area contributed by atoms with E-state index in [1.165, 1.54) is 17.2 Å². The molecule has 1 aromatic rings. The summed E-state index contributed by atoms with van der Waals surface area (Å²) in [5, 5.41) is 5.18. The van der Waals surface area contributed by atoms with Crippen LogP contribution in [0.1, 0.15) is 24.2 Å². The lowest BCUT2D eigenvalue weighted by molar-refractivity contribution is -0.143. The Balaban J connectivity index is 2.43. The van der Waals surface area contributed by atoms with Gasteiger partial charge in [-0.15, -0.1) is 0 Å². The Bertz CT molecular complexity index is 630. The van der Waals surface area contributed by atoms with Gasteiger partial charge in [0, 0.05) is 13.2 Å². The molecule has 2 rings (SSSR count). The number of pyridine rings is 1. The van der Waals surface area contributed by atoms with Gasteiger partial charge in [-0.25, -0.2) is 4.98 Å². The summed E-state index contributed by atoms with van der Waals surface area (Å²) in [5.74, 6) is -1.07. The summed E-state index contributed by atoms with van der Waals surface area (Å²) < 4.78 is 0. The van der Waals surface area contributed by atoms with Crippen molar-refractivity contribution in [2.24, 2.45) is 0 Å². The second kappa shape index (κ2) is 5.33. The molecule has 1 fully saturated rings. The van der Waals surface area contributed by atoms with Crippen LogP contribution in [0.2, 0.25) is 5.02 Å². The van der Waals surface area contributed by atoms with E-state index in [0.717, 1.165) is 0 Å². The number of hydrogen-bond donors (Lipinski definition) is 2. The molecule has 0 radical (unpaired) electrons. The maximum atomic E-state index is 12.6. The molecule has 0 aromatic carbocycles. The third kappa shape index (κ3) is 2.69. The summed E-state index contributed by atoms with van der Waals surface area (Å²) in [5.41, 5.74) is -0.955. The quantitative estimate of drug-likeness (QED) is 0.783. The zero-order valence-corrected chi connectivity index (χ0v) is 12.6. The van der Waals surface area contributed by atoms with Crippen LogP contribution in [0.15, 0.2) is 12.3 Å². The number of amides is 3. The monoisotopic (exact) mass is 310 g/mol. The summed E-state index contributed by atoms with van der Waals surface area (Å²) in [7, 11) is 1.66. The lowest BCUT2D eigenvalue weighted by atomic mass is 9.97. The summed E-state index contributed by atoms with van der Waals surface area (Å²) in [6, 6.07) is 1.48. The van der Waals surface area contributed by atoms with Gasteiger partial charge >= 0.3 is 0 Å². The Morgan fingerprint density at radius 3 is 2.76 bits per heavy atom. The van der Waals surface area contributed by atoms with Crippen LogP contribution in [-0.2, 0) is 9.59 Å². The van der Waals surface area contributed by atoms with Gasteiger partial charge in [0.05, 0.1) is 10.6 Å². The molecule has 2 N–H and O–H groups in total. The minimum absolute atomic E-state index is 0.160. The predicted octanol–water partition coefficient (Wildman–Crippen LogP) is 0.654. The topological polar surface area (TPSA) is 91.4 Å². The summed E-state index contributed by atoms with van der Waals surface area (Å²) in [4.78, 5) is 41.3. The van der Waals surface area contributed by atoms with E-state index in [4.69, 9.17) is 11.6 Å². The molecule has 1 saturated heterocycles. The van der Waals surface area contributed by atoms with Gasteiger partial charge in [-0.3, -0.25) is 19.7 Å². The van der Waals surface area contributed by atoms with E-state index in [1.54, 1.807) is 20.9 Å². The Morgan fingerprint density at radius 2 is 2.14 bits per heavy atom. The molecule has 0 aliphatic carbocycles. The van der Waals surface area contributed by atoms with Crippen LogP contribution < -0.4 is 10.6 Å². The van der Waals surface area contributed by atoms with Crippen molar-refractivity contribution in [2.45, 2.75) is 19.4 Å². The standard InChI is InChI=1S/C13H15ClN4O3/c1-13(2)12(21)17-10(19)6-18(13)11(20)7-4-9(15-3)16-5-8(7)14/h4-5H,6H2,1-3H3,(H,15,16)(H,17,19,21). The number of hydrogen-bond acceptors (Lipinski definition) is 5. The SMILES string of the molecule is CNc1cc(C(=O)N2CC(=O)NC(=O)C2(C)C)c(Cl)cn1. The molecule has 7 nitrogen and oxygen atoms in total. The first kappa shape index (κ1) is 15.2. The maximum absolute atomic E-state index is 12.6. The average Bonchev–Trinajstić information content (AvgIpc) is 2.43. The molecule has 0 bridgehead atoms. The normalized spacial score (nSPS) is 17.4. The van der Waals surface area contributed by atoms with Gasteiger partial charge in [0.1, 0.15) is 17.9 Å². The Hall–Kier alpha value is -2.15. The highest BCUT2D eigenvalue weighted by atomic mass is 35.5. The van der Waals surface area contributed by atoms with E-state index >= 15 is 0 Å². The molecule has 0 unspecified atom stereocenters. The van der Waals surface area contributed by atoms with Gasteiger partial charge in [0.15, 0.2) is 0 Å². The number of carbonyl (C=O) groups excluding carboxylic acids is 3. The number of rotatable bonds is 2. The fourth-order valence-corrected chi connectivity index (χ4v) is 2.18. The number of anilines is 1. The van der Waals surface area contributed by atoms with Crippen LogP contribution in [0.5, 0.6) is 0 Å². The van der Waals surface area contributed by atoms with Crippen LogP contribution in [0.25, 0.3) is 0 Å². The van der Waals surface area contributed by atoms with Crippen molar-refractivity contribution in [2.75, 3.05) is 18.9 Å². The fourth-order valence-electron chi connectivity index (χ4n) is 1.99. The first-order valence-electron chi connectivity index (χ1n) is 6.27. The number of piperazine rings is 1. The third-order valence-electron chi connectivity index (χ3n) is 3.37. The van der Waals surface area contributed by atoms with E-state index in [1.807, 2.05) is 0 Å². The Morgan fingerprint density at radius 1 is 1.48 bits per heavy atom. The van der Waals surface area contributed by atoms with E-state index in [2.05, 4.69) is 15.6 Å². The number of aromatic nitrogens is 1. The fraction of sp³-hybridized carbons (Fsp3) is 0.385. The lowest BCUT2D eigenvalue weighted by Gasteiger charge is -2.40. The Labute approximate surface area is 126 Å². The molecule has 112 valence electrons. The molecule has 1 aromatic heterocycles. The summed E-state index contributed by atoms with van der Waals surface area (Å²) in [6.07, 6.45) is 1.35. The highest BCUT2D eigenvalue weighted by Gasteiger charge is 2.44. The third-order valence-corrected chi connectivity index (χ3v) is 3.67. The molecule has 0 spiro atoms. The molecular weight excluding hydrogens is 296 g/mol. The second-order valence-electron chi connectivity index (χ2n) is 5.13. The minimum atomic E-state index is -1.14. The first-order valence-corrected chi connectivity index (χ1v) is 6.64. The number of halogens is 1. The number of nitrogens with zero attached hydrogens (tertiary/aromatic N) is 2. The molecule has 1 aliphatic rings. The molecule has 3 amide bonds. The van der Waals surface area contributed by atoms with Gasteiger partial charge in [-0.05, 0) is 19.9 Å². The minimum Gasteiger partial charge on any atom is -0.373 e. The molecule has 21 heavy (non-hydrogen) atoms. The number of imide groups is 1. The van der Waals surface area contributed by atoms with E-state index in [-0.39, 0.29) is 17.1 Å². The van der Waals surface area contributed by atoms with Gasteiger partial charge in [-0.2, -0.15) is 0 Å². The van der Waals surface area contributed by atoms with Crippen LogP contribution >= 0.6 is 11.6 Å². The van der Waals surface area contributed by atoms with Gasteiger partial charge in [0.2, 0.25) is 5.91 Å². The van der Waals surface area contributed by atoms with Gasteiger partial charge in [-0.1, -0.05) is 11.6 Å². The van der Waals surface area contributed by atoms with Crippen molar-refractivity contribution in [3.8, 4) is 0 Å². The molecule has 8 heteroatoms. The molecule has 2 heterocycles. The predicted molar refractivity (Wildman–Crippen MR) is 77.1 cm³/mol. The first-order chi connectivity index (χ1) is 9.77. The average molecular weight is 311 g/mol. The van der Waals surface area contributed by atoms with Crippen molar-refractivity contribution in [1.29, 1.82) is 0 Å². The highest BCUT2D eigenvalue weighted by Crippen LogP contribution is 2.25. The van der Waals surface area contributed by atoms with Crippen LogP contribution in [0.3, 0.4) is 0 Å². The van der Waals surface area contributed by atoms with Crippen molar-refractivity contribution in [1.82, 2.24) is 15.2 Å². The van der Waals surface area contributed by atoms with Crippen molar-refractivity contribution in [3.63, 3.8) is 0 Å². The van der Waals surface area contributed by atoms with E-state index in [0.29, 0.717) is 5.82 Å². The van der Waals surface area contributed by atoms with Crippen LogP contribution in [-0.4, -0.2) is 46.7 Å². The largest absolute Gasteiger partial charge is 0.373 e. The molecule has 1 aliphatic heterocycles. The zero-order valence-electron chi connectivity index (χ0n) is 11.9. The van der Waals surface area contributed by atoms with Crippen LogP contribution in [0.4, 0.5) is 5.82 Å². The van der Waals surface area contributed by atoms with Crippen molar-refractivity contribution < 1.29 is 14.4 Å². The van der Waals surface area contributed by atoms with Gasteiger partial charge in [0.25, 0.3) is 11.8 Å².